The monoisotopic (exact) mass is 258 g/mol. The van der Waals surface area contributed by atoms with Crippen LogP contribution in [-0.4, -0.2) is 31.4 Å². The van der Waals surface area contributed by atoms with Gasteiger partial charge in [-0.15, -0.1) is 0 Å². The molecule has 1 unspecified atom stereocenters. The molecule has 0 fully saturated rings. The van der Waals surface area contributed by atoms with E-state index in [-0.39, 0.29) is 0 Å². The average Bonchev–Trinajstić information content (AvgIpc) is 2.37. The van der Waals surface area contributed by atoms with Gasteiger partial charge in [-0.05, 0) is 17.7 Å². The van der Waals surface area contributed by atoms with E-state index in [0.717, 1.165) is 0 Å². The molecule has 0 saturated carbocycles. The normalized spacial score (nSPS) is 15.2. The van der Waals surface area contributed by atoms with Gasteiger partial charge in [0.05, 0.1) is 12.1 Å². The van der Waals surface area contributed by atoms with E-state index >= 15 is 0 Å². The largest absolute Gasteiger partial charge is 0.486 e. The summed E-state index contributed by atoms with van der Waals surface area (Å²) in [5, 5.41) is 9.98. The number of halogens is 1. The van der Waals surface area contributed by atoms with Gasteiger partial charge in [0.15, 0.2) is 17.6 Å². The first-order chi connectivity index (χ1) is 8.13. The molecular formula is C11H11ClO5. The molecule has 0 spiro atoms. The number of rotatable bonds is 2. The van der Waals surface area contributed by atoms with Crippen LogP contribution in [0.3, 0.4) is 0 Å². The Bertz CT molecular complexity index is 446. The van der Waals surface area contributed by atoms with Crippen molar-refractivity contribution in [1.29, 1.82) is 0 Å². The first-order valence-corrected chi connectivity index (χ1v) is 5.36. The third kappa shape index (κ3) is 2.30. The van der Waals surface area contributed by atoms with Crippen molar-refractivity contribution in [2.45, 2.75) is 6.10 Å². The van der Waals surface area contributed by atoms with Gasteiger partial charge in [0.25, 0.3) is 0 Å². The maximum atomic E-state index is 11.2. The molecule has 17 heavy (non-hydrogen) atoms. The van der Waals surface area contributed by atoms with Crippen LogP contribution in [0.15, 0.2) is 12.1 Å². The molecule has 0 bridgehead atoms. The summed E-state index contributed by atoms with van der Waals surface area (Å²) >= 11 is 5.97. The van der Waals surface area contributed by atoms with Crippen molar-refractivity contribution < 1.29 is 24.1 Å². The van der Waals surface area contributed by atoms with E-state index in [1.54, 1.807) is 0 Å². The van der Waals surface area contributed by atoms with Crippen LogP contribution in [0, 0.1) is 0 Å². The molecule has 1 aromatic carbocycles. The molecule has 1 heterocycles. The van der Waals surface area contributed by atoms with Crippen LogP contribution in [0.4, 0.5) is 0 Å². The Kier molecular flexibility index (Phi) is 3.40. The van der Waals surface area contributed by atoms with Gasteiger partial charge in [0.1, 0.15) is 13.2 Å². The fraction of sp³-hybridized carbons (Fsp3) is 0.364. The van der Waals surface area contributed by atoms with E-state index in [1.807, 2.05) is 0 Å². The molecule has 0 aromatic heterocycles. The van der Waals surface area contributed by atoms with E-state index in [0.29, 0.717) is 35.3 Å². The van der Waals surface area contributed by atoms with Gasteiger partial charge in [-0.25, -0.2) is 4.79 Å². The lowest BCUT2D eigenvalue weighted by molar-refractivity contribution is -0.150. The molecule has 1 aliphatic heterocycles. The average molecular weight is 259 g/mol. The van der Waals surface area contributed by atoms with Crippen molar-refractivity contribution in [2.75, 3.05) is 20.3 Å². The molecular weight excluding hydrogens is 248 g/mol. The Morgan fingerprint density at radius 2 is 2.18 bits per heavy atom. The second-order valence-corrected chi connectivity index (χ2v) is 3.86. The summed E-state index contributed by atoms with van der Waals surface area (Å²) in [4.78, 5) is 11.2. The van der Waals surface area contributed by atoms with Crippen molar-refractivity contribution in [3.8, 4) is 11.5 Å². The number of methoxy groups -OCH3 is 1. The first kappa shape index (κ1) is 12.0. The van der Waals surface area contributed by atoms with Gasteiger partial charge in [0, 0.05) is 0 Å². The minimum absolute atomic E-state index is 0.292. The molecule has 5 nitrogen and oxygen atoms in total. The highest BCUT2D eigenvalue weighted by atomic mass is 35.5. The lowest BCUT2D eigenvalue weighted by atomic mass is 10.1. The van der Waals surface area contributed by atoms with Crippen molar-refractivity contribution >= 4 is 17.6 Å². The molecule has 0 radical (unpaired) electrons. The number of esters is 1. The van der Waals surface area contributed by atoms with Crippen molar-refractivity contribution in [2.24, 2.45) is 0 Å². The van der Waals surface area contributed by atoms with E-state index in [1.165, 1.54) is 19.2 Å². The first-order valence-electron chi connectivity index (χ1n) is 4.98. The lowest BCUT2D eigenvalue weighted by Crippen LogP contribution is -2.17. The van der Waals surface area contributed by atoms with Gasteiger partial charge in [-0.2, -0.15) is 0 Å². The fourth-order valence-corrected chi connectivity index (χ4v) is 1.81. The topological polar surface area (TPSA) is 65.0 Å². The number of ether oxygens (including phenoxy) is 3. The second kappa shape index (κ2) is 4.81. The third-order valence-electron chi connectivity index (χ3n) is 2.36. The zero-order valence-corrected chi connectivity index (χ0v) is 9.86. The molecule has 1 aliphatic rings. The molecule has 6 heteroatoms. The van der Waals surface area contributed by atoms with Crippen molar-refractivity contribution in [3.63, 3.8) is 0 Å². The summed E-state index contributed by atoms with van der Waals surface area (Å²) < 4.78 is 15.1. The minimum atomic E-state index is -1.38. The smallest absolute Gasteiger partial charge is 0.339 e. The molecule has 92 valence electrons. The summed E-state index contributed by atoms with van der Waals surface area (Å²) in [6.45, 7) is 0.826. The van der Waals surface area contributed by atoms with E-state index < -0.39 is 12.1 Å². The number of carbonyl (C=O) groups excluding carboxylic acids is 1. The Balaban J connectivity index is 2.37. The number of fused-ring (bicyclic) bond motifs is 1. The molecule has 0 aliphatic carbocycles. The molecule has 2 rings (SSSR count). The highest BCUT2D eigenvalue weighted by Crippen LogP contribution is 2.39. The van der Waals surface area contributed by atoms with Crippen LogP contribution in [0.1, 0.15) is 11.7 Å². The van der Waals surface area contributed by atoms with Crippen LogP contribution in [0.5, 0.6) is 11.5 Å². The summed E-state index contributed by atoms with van der Waals surface area (Å²) in [6, 6.07) is 2.97. The summed E-state index contributed by atoms with van der Waals surface area (Å²) in [5.41, 5.74) is 0.311. The van der Waals surface area contributed by atoms with Gasteiger partial charge in [0.2, 0.25) is 0 Å². The Hall–Kier alpha value is -1.46. The van der Waals surface area contributed by atoms with Crippen LogP contribution in [0.2, 0.25) is 5.02 Å². The van der Waals surface area contributed by atoms with Crippen LogP contribution in [0.25, 0.3) is 0 Å². The van der Waals surface area contributed by atoms with Crippen molar-refractivity contribution in [3.05, 3.63) is 22.7 Å². The van der Waals surface area contributed by atoms with Gasteiger partial charge in [-0.3, -0.25) is 0 Å². The maximum Gasteiger partial charge on any atom is 0.339 e. The lowest BCUT2D eigenvalue weighted by Gasteiger charge is -2.21. The summed E-state index contributed by atoms with van der Waals surface area (Å²) in [7, 11) is 1.20. The predicted molar refractivity (Wildman–Crippen MR) is 59.4 cm³/mol. The molecule has 0 amide bonds. The standard InChI is InChI=1S/C11H11ClO5/c1-15-11(14)9(13)6-4-7(12)10-8(5-6)16-2-3-17-10/h4-5,9,13H,2-3H2,1H3. The number of carbonyl (C=O) groups is 1. The van der Waals surface area contributed by atoms with E-state index in [9.17, 15) is 9.90 Å². The molecule has 1 N–H and O–H groups in total. The number of hydrogen-bond acceptors (Lipinski definition) is 5. The minimum Gasteiger partial charge on any atom is -0.486 e. The highest BCUT2D eigenvalue weighted by molar-refractivity contribution is 6.32. The summed E-state index contributed by atoms with van der Waals surface area (Å²) in [6.07, 6.45) is -1.38. The van der Waals surface area contributed by atoms with Crippen LogP contribution in [-0.2, 0) is 9.53 Å². The maximum absolute atomic E-state index is 11.2. The quantitative estimate of drug-likeness (QED) is 0.811. The Labute approximate surface area is 103 Å². The Morgan fingerprint density at radius 1 is 1.47 bits per heavy atom. The summed E-state index contributed by atoms with van der Waals surface area (Å²) in [5.74, 6) is 0.0955. The second-order valence-electron chi connectivity index (χ2n) is 3.45. The zero-order valence-electron chi connectivity index (χ0n) is 9.10. The fourth-order valence-electron chi connectivity index (χ4n) is 1.54. The number of benzene rings is 1. The van der Waals surface area contributed by atoms with Crippen LogP contribution >= 0.6 is 11.6 Å². The number of aliphatic hydroxyl groups is 1. The van der Waals surface area contributed by atoms with Gasteiger partial charge in [-0.1, -0.05) is 11.6 Å². The third-order valence-corrected chi connectivity index (χ3v) is 2.64. The highest BCUT2D eigenvalue weighted by Gasteiger charge is 2.23. The molecule has 1 atom stereocenters. The van der Waals surface area contributed by atoms with Crippen molar-refractivity contribution in [1.82, 2.24) is 0 Å². The molecule has 0 saturated heterocycles. The molecule has 1 aromatic rings. The predicted octanol–water partition coefficient (Wildman–Crippen LogP) is 1.32. The van der Waals surface area contributed by atoms with Gasteiger partial charge >= 0.3 is 5.97 Å². The van der Waals surface area contributed by atoms with Crippen LogP contribution < -0.4 is 9.47 Å². The number of aliphatic hydroxyl groups excluding tert-OH is 1. The zero-order chi connectivity index (χ0) is 12.4. The Morgan fingerprint density at radius 3 is 2.88 bits per heavy atom. The van der Waals surface area contributed by atoms with Gasteiger partial charge < -0.3 is 19.3 Å². The SMILES string of the molecule is COC(=O)C(O)c1cc(Cl)c2c(c1)OCCO2. The van der Waals surface area contributed by atoms with E-state index in [2.05, 4.69) is 4.74 Å². The number of hydrogen-bond donors (Lipinski definition) is 1. The van der Waals surface area contributed by atoms with E-state index in [4.69, 9.17) is 21.1 Å².